The highest BCUT2D eigenvalue weighted by molar-refractivity contribution is 5.87. The van der Waals surface area contributed by atoms with Gasteiger partial charge < -0.3 is 16.0 Å². The van der Waals surface area contributed by atoms with Crippen LogP contribution in [0.1, 0.15) is 32.3 Å². The second-order valence-corrected chi connectivity index (χ2v) is 6.00. The summed E-state index contributed by atoms with van der Waals surface area (Å²) < 4.78 is 0. The zero-order chi connectivity index (χ0) is 16.8. The molecular weight excluding hydrogens is 290 g/mol. The highest BCUT2D eigenvalue weighted by atomic mass is 16.2. The molecular formula is C18H25N3O2. The minimum absolute atomic E-state index is 0.0505. The minimum atomic E-state index is -0.652. The van der Waals surface area contributed by atoms with Gasteiger partial charge in [-0.25, -0.2) is 4.79 Å². The molecule has 0 spiro atoms. The summed E-state index contributed by atoms with van der Waals surface area (Å²) in [6, 6.07) is 8.99. The van der Waals surface area contributed by atoms with Crippen molar-refractivity contribution >= 4 is 17.5 Å². The van der Waals surface area contributed by atoms with E-state index in [0.29, 0.717) is 13.1 Å². The molecule has 1 aliphatic rings. The van der Waals surface area contributed by atoms with Gasteiger partial charge in [0.05, 0.1) is 0 Å². The molecule has 0 aliphatic carbocycles. The summed E-state index contributed by atoms with van der Waals surface area (Å²) in [6.45, 7) is 5.17. The zero-order valence-electron chi connectivity index (χ0n) is 13.8. The van der Waals surface area contributed by atoms with Crippen molar-refractivity contribution in [2.24, 2.45) is 11.7 Å². The number of nitrogens with zero attached hydrogens (tertiary/aromatic N) is 1. The predicted molar refractivity (Wildman–Crippen MR) is 91.6 cm³/mol. The number of carbonyl (C=O) groups is 2. The molecule has 5 nitrogen and oxygen atoms in total. The van der Waals surface area contributed by atoms with Crippen LogP contribution in [0.5, 0.6) is 0 Å². The van der Waals surface area contributed by atoms with Crippen molar-refractivity contribution < 1.29 is 9.59 Å². The Bertz CT molecular complexity index is 583. The third-order valence-corrected chi connectivity index (χ3v) is 4.44. The van der Waals surface area contributed by atoms with Gasteiger partial charge in [0.25, 0.3) is 0 Å². The third-order valence-electron chi connectivity index (χ3n) is 4.44. The number of urea groups is 1. The summed E-state index contributed by atoms with van der Waals surface area (Å²) in [6.07, 6.45) is 3.71. The van der Waals surface area contributed by atoms with E-state index >= 15 is 0 Å². The number of hydrogen-bond acceptors (Lipinski definition) is 2. The molecule has 0 radical (unpaired) electrons. The largest absolute Gasteiger partial charge is 0.352 e. The monoisotopic (exact) mass is 315 g/mol. The van der Waals surface area contributed by atoms with Gasteiger partial charge in [-0.2, -0.15) is 0 Å². The number of benzene rings is 1. The molecule has 0 unspecified atom stereocenters. The Morgan fingerprint density at radius 2 is 2.00 bits per heavy atom. The molecule has 0 aromatic heterocycles. The van der Waals surface area contributed by atoms with Crippen LogP contribution in [0.3, 0.4) is 0 Å². The van der Waals surface area contributed by atoms with E-state index in [4.69, 9.17) is 5.73 Å². The first-order valence-corrected chi connectivity index (χ1v) is 8.12. The second-order valence-electron chi connectivity index (χ2n) is 6.00. The molecule has 3 N–H and O–H groups in total. The lowest BCUT2D eigenvalue weighted by atomic mass is 9.95. The van der Waals surface area contributed by atoms with Gasteiger partial charge in [-0.1, -0.05) is 56.7 Å². The van der Waals surface area contributed by atoms with Gasteiger partial charge in [-0.15, -0.1) is 0 Å². The van der Waals surface area contributed by atoms with E-state index in [1.165, 1.54) is 11.1 Å². The number of carbonyl (C=O) groups excluding carboxylic acids is 2. The topological polar surface area (TPSA) is 75.4 Å². The number of primary amides is 1. The molecule has 3 amide bonds. The fourth-order valence-electron chi connectivity index (χ4n) is 2.82. The number of rotatable bonds is 5. The quantitative estimate of drug-likeness (QED) is 0.875. The lowest BCUT2D eigenvalue weighted by molar-refractivity contribution is -0.134. The van der Waals surface area contributed by atoms with Gasteiger partial charge in [0.15, 0.2) is 0 Å². The summed E-state index contributed by atoms with van der Waals surface area (Å²) in [4.78, 5) is 25.7. The van der Waals surface area contributed by atoms with Crippen molar-refractivity contribution in [3.63, 3.8) is 0 Å². The van der Waals surface area contributed by atoms with Crippen LogP contribution in [0.2, 0.25) is 0 Å². The Hall–Kier alpha value is -2.30. The Kier molecular flexibility index (Phi) is 5.79. The molecule has 5 heteroatoms. The van der Waals surface area contributed by atoms with E-state index < -0.39 is 12.1 Å². The van der Waals surface area contributed by atoms with Gasteiger partial charge in [-0.05, 0) is 23.5 Å². The Morgan fingerprint density at radius 1 is 1.30 bits per heavy atom. The number of hydrogen-bond donors (Lipinski definition) is 2. The van der Waals surface area contributed by atoms with Gasteiger partial charge in [-0.3, -0.25) is 4.79 Å². The summed E-state index contributed by atoms with van der Waals surface area (Å²) in [7, 11) is 0. The van der Waals surface area contributed by atoms with Crippen LogP contribution in [0.25, 0.3) is 5.57 Å². The van der Waals surface area contributed by atoms with Crippen LogP contribution in [0.15, 0.2) is 36.4 Å². The SMILES string of the molecule is CC[C@H](C)[C@H](NC(N)=O)C(=O)N1CC=C(c2ccccc2)CC1. The van der Waals surface area contributed by atoms with E-state index in [1.54, 1.807) is 4.90 Å². The Morgan fingerprint density at radius 3 is 2.52 bits per heavy atom. The molecule has 1 aromatic carbocycles. The molecule has 0 bridgehead atoms. The van der Waals surface area contributed by atoms with Crippen LogP contribution < -0.4 is 11.1 Å². The smallest absolute Gasteiger partial charge is 0.312 e. The zero-order valence-corrected chi connectivity index (χ0v) is 13.8. The molecule has 23 heavy (non-hydrogen) atoms. The standard InChI is InChI=1S/C18H25N3O2/c1-3-13(2)16(20-18(19)23)17(22)21-11-9-15(10-12-21)14-7-5-4-6-8-14/h4-9,13,16H,3,10-12H2,1-2H3,(H3,19,20,23)/t13-,16-/m0/s1. The van der Waals surface area contributed by atoms with E-state index in [9.17, 15) is 9.59 Å². The van der Waals surface area contributed by atoms with Crippen LogP contribution in [-0.2, 0) is 4.79 Å². The van der Waals surface area contributed by atoms with Crippen molar-refractivity contribution in [2.45, 2.75) is 32.7 Å². The highest BCUT2D eigenvalue weighted by Gasteiger charge is 2.30. The van der Waals surface area contributed by atoms with Crippen molar-refractivity contribution in [2.75, 3.05) is 13.1 Å². The molecule has 0 saturated heterocycles. The first-order chi connectivity index (χ1) is 11.0. The average molecular weight is 315 g/mol. The Balaban J connectivity index is 2.06. The van der Waals surface area contributed by atoms with Crippen molar-refractivity contribution in [3.05, 3.63) is 42.0 Å². The molecule has 1 aliphatic heterocycles. The fraction of sp³-hybridized carbons (Fsp3) is 0.444. The lowest BCUT2D eigenvalue weighted by Gasteiger charge is -2.32. The maximum Gasteiger partial charge on any atom is 0.312 e. The van der Waals surface area contributed by atoms with Crippen molar-refractivity contribution in [3.8, 4) is 0 Å². The van der Waals surface area contributed by atoms with Crippen LogP contribution in [0, 0.1) is 5.92 Å². The Labute approximate surface area is 137 Å². The normalized spacial score (nSPS) is 17.1. The van der Waals surface area contributed by atoms with E-state index in [2.05, 4.69) is 23.5 Å². The fourth-order valence-corrected chi connectivity index (χ4v) is 2.82. The summed E-state index contributed by atoms with van der Waals surface area (Å²) in [5.41, 5.74) is 7.68. The first-order valence-electron chi connectivity index (χ1n) is 8.12. The molecule has 2 rings (SSSR count). The van der Waals surface area contributed by atoms with E-state index in [1.807, 2.05) is 32.0 Å². The molecule has 0 saturated carbocycles. The molecule has 1 heterocycles. The van der Waals surface area contributed by atoms with E-state index in [-0.39, 0.29) is 11.8 Å². The highest BCUT2D eigenvalue weighted by Crippen LogP contribution is 2.23. The van der Waals surface area contributed by atoms with Gasteiger partial charge in [0.1, 0.15) is 6.04 Å². The molecule has 0 fully saturated rings. The average Bonchev–Trinajstić information content (AvgIpc) is 2.59. The number of nitrogens with one attached hydrogen (secondary N) is 1. The lowest BCUT2D eigenvalue weighted by Crippen LogP contribution is -2.53. The molecule has 2 atom stereocenters. The summed E-state index contributed by atoms with van der Waals surface area (Å²) in [5.74, 6) is -0.00369. The first kappa shape index (κ1) is 17.1. The predicted octanol–water partition coefficient (Wildman–Crippen LogP) is 2.39. The summed E-state index contributed by atoms with van der Waals surface area (Å²) in [5, 5.41) is 2.60. The van der Waals surface area contributed by atoms with Gasteiger partial charge >= 0.3 is 6.03 Å². The van der Waals surface area contributed by atoms with Crippen LogP contribution in [-0.4, -0.2) is 36.0 Å². The maximum absolute atomic E-state index is 12.7. The van der Waals surface area contributed by atoms with Crippen LogP contribution in [0.4, 0.5) is 4.79 Å². The van der Waals surface area contributed by atoms with E-state index in [0.717, 1.165) is 12.8 Å². The van der Waals surface area contributed by atoms with Gasteiger partial charge in [0.2, 0.25) is 5.91 Å². The van der Waals surface area contributed by atoms with Crippen molar-refractivity contribution in [1.82, 2.24) is 10.2 Å². The van der Waals surface area contributed by atoms with Crippen LogP contribution >= 0.6 is 0 Å². The third kappa shape index (κ3) is 4.34. The van der Waals surface area contributed by atoms with Crippen molar-refractivity contribution in [1.29, 1.82) is 0 Å². The minimum Gasteiger partial charge on any atom is -0.352 e. The van der Waals surface area contributed by atoms with Gasteiger partial charge in [0, 0.05) is 13.1 Å². The molecule has 124 valence electrons. The summed E-state index contributed by atoms with van der Waals surface area (Å²) >= 11 is 0. The number of amides is 3. The number of nitrogens with two attached hydrogens (primary N) is 1. The second kappa shape index (κ2) is 7.81. The molecule has 1 aromatic rings. The maximum atomic E-state index is 12.7.